The third-order valence-electron chi connectivity index (χ3n) is 2.36. The van der Waals surface area contributed by atoms with Crippen LogP contribution in [0.1, 0.15) is 33.6 Å². The van der Waals surface area contributed by atoms with Crippen molar-refractivity contribution in [1.29, 1.82) is 0 Å². The topological polar surface area (TPSA) is 38.8 Å². The Morgan fingerprint density at radius 1 is 1.64 bits per heavy atom. The van der Waals surface area contributed by atoms with Crippen molar-refractivity contribution in [2.45, 2.75) is 45.9 Å². The van der Waals surface area contributed by atoms with Crippen molar-refractivity contribution < 1.29 is 14.3 Å². The average Bonchev–Trinajstić information content (AvgIpc) is 2.56. The maximum Gasteiger partial charge on any atom is 0.412 e. The normalized spacial score (nSPS) is 23.8. The predicted octanol–water partition coefficient (Wildman–Crippen LogP) is 1.99. The maximum atomic E-state index is 11.4. The number of carbonyl (C=O) groups excluding carboxylic acids is 1. The van der Waals surface area contributed by atoms with E-state index < -0.39 is 0 Å². The van der Waals surface area contributed by atoms with Crippen LogP contribution in [0.2, 0.25) is 0 Å². The van der Waals surface area contributed by atoms with E-state index in [1.54, 1.807) is 4.90 Å². The number of carbonyl (C=O) groups is 1. The van der Waals surface area contributed by atoms with Gasteiger partial charge in [0.15, 0.2) is 0 Å². The Labute approximate surface area is 85.2 Å². The molecule has 0 radical (unpaired) electrons. The van der Waals surface area contributed by atoms with Gasteiger partial charge in [-0.15, -0.1) is 0 Å². The Morgan fingerprint density at radius 2 is 2.36 bits per heavy atom. The fraction of sp³-hybridized carbons (Fsp3) is 0.900. The first-order valence-corrected chi connectivity index (χ1v) is 5.27. The summed E-state index contributed by atoms with van der Waals surface area (Å²) in [7, 11) is 0. The van der Waals surface area contributed by atoms with Crippen LogP contribution < -0.4 is 0 Å². The number of cyclic esters (lactones) is 1. The van der Waals surface area contributed by atoms with Crippen molar-refractivity contribution in [3.8, 4) is 0 Å². The molecule has 2 unspecified atom stereocenters. The van der Waals surface area contributed by atoms with Gasteiger partial charge in [-0.25, -0.2) is 4.79 Å². The summed E-state index contributed by atoms with van der Waals surface area (Å²) in [6, 6.07) is 0. The van der Waals surface area contributed by atoms with Gasteiger partial charge in [-0.05, 0) is 19.8 Å². The van der Waals surface area contributed by atoms with Crippen molar-refractivity contribution in [3.05, 3.63) is 0 Å². The molecule has 0 aromatic heterocycles. The monoisotopic (exact) mass is 201 g/mol. The lowest BCUT2D eigenvalue weighted by atomic mass is 10.3. The SMILES string of the molecule is CCCOC(C)N1CC(CC)OC1=O. The Balaban J connectivity index is 2.40. The highest BCUT2D eigenvalue weighted by atomic mass is 16.6. The van der Waals surface area contributed by atoms with Gasteiger partial charge in [-0.1, -0.05) is 13.8 Å². The molecule has 4 heteroatoms. The number of nitrogens with zero attached hydrogens (tertiary/aromatic N) is 1. The van der Waals surface area contributed by atoms with Gasteiger partial charge in [0, 0.05) is 6.61 Å². The van der Waals surface area contributed by atoms with Gasteiger partial charge < -0.3 is 9.47 Å². The molecule has 0 aromatic rings. The van der Waals surface area contributed by atoms with E-state index >= 15 is 0 Å². The number of hydrogen-bond acceptors (Lipinski definition) is 3. The zero-order valence-electron chi connectivity index (χ0n) is 9.16. The fourth-order valence-electron chi connectivity index (χ4n) is 1.43. The standard InChI is InChI=1S/C10H19NO3/c1-4-6-13-8(3)11-7-9(5-2)14-10(11)12/h8-9H,4-7H2,1-3H3. The Kier molecular flexibility index (Phi) is 4.20. The third kappa shape index (κ3) is 2.61. The van der Waals surface area contributed by atoms with Crippen molar-refractivity contribution >= 4 is 6.09 Å². The maximum absolute atomic E-state index is 11.4. The number of rotatable bonds is 5. The smallest absolute Gasteiger partial charge is 0.412 e. The molecule has 1 aliphatic heterocycles. The summed E-state index contributed by atoms with van der Waals surface area (Å²) in [5, 5.41) is 0. The van der Waals surface area contributed by atoms with Gasteiger partial charge >= 0.3 is 6.09 Å². The molecule has 0 N–H and O–H groups in total. The summed E-state index contributed by atoms with van der Waals surface area (Å²) >= 11 is 0. The molecule has 0 aromatic carbocycles. The first-order chi connectivity index (χ1) is 6.69. The van der Waals surface area contributed by atoms with Crippen LogP contribution in [0, 0.1) is 0 Å². The lowest BCUT2D eigenvalue weighted by Gasteiger charge is -2.21. The van der Waals surface area contributed by atoms with Crippen LogP contribution >= 0.6 is 0 Å². The molecule has 0 aliphatic carbocycles. The van der Waals surface area contributed by atoms with E-state index in [4.69, 9.17) is 9.47 Å². The summed E-state index contributed by atoms with van der Waals surface area (Å²) in [4.78, 5) is 13.0. The summed E-state index contributed by atoms with van der Waals surface area (Å²) in [6.07, 6.45) is 1.45. The summed E-state index contributed by atoms with van der Waals surface area (Å²) < 4.78 is 10.6. The minimum absolute atomic E-state index is 0.0372. The number of ether oxygens (including phenoxy) is 2. The van der Waals surface area contributed by atoms with E-state index in [0.717, 1.165) is 12.8 Å². The molecular weight excluding hydrogens is 182 g/mol. The largest absolute Gasteiger partial charge is 0.444 e. The molecule has 1 aliphatic rings. The third-order valence-corrected chi connectivity index (χ3v) is 2.36. The molecule has 14 heavy (non-hydrogen) atoms. The van der Waals surface area contributed by atoms with E-state index in [1.165, 1.54) is 0 Å². The van der Waals surface area contributed by atoms with E-state index in [2.05, 4.69) is 0 Å². The van der Waals surface area contributed by atoms with E-state index in [1.807, 2.05) is 20.8 Å². The minimum atomic E-state index is -0.250. The summed E-state index contributed by atoms with van der Waals surface area (Å²) in [5.41, 5.74) is 0. The molecule has 2 atom stereocenters. The highest BCUT2D eigenvalue weighted by molar-refractivity contribution is 5.70. The minimum Gasteiger partial charge on any atom is -0.444 e. The van der Waals surface area contributed by atoms with Crippen LogP contribution in [0.15, 0.2) is 0 Å². The van der Waals surface area contributed by atoms with Crippen molar-refractivity contribution in [3.63, 3.8) is 0 Å². The molecule has 0 bridgehead atoms. The second kappa shape index (κ2) is 5.20. The van der Waals surface area contributed by atoms with Crippen molar-refractivity contribution in [2.75, 3.05) is 13.2 Å². The lowest BCUT2D eigenvalue weighted by Crippen LogP contribution is -2.36. The molecule has 4 nitrogen and oxygen atoms in total. The molecule has 0 spiro atoms. The average molecular weight is 201 g/mol. The molecule has 1 heterocycles. The Hall–Kier alpha value is -0.770. The highest BCUT2D eigenvalue weighted by Gasteiger charge is 2.33. The van der Waals surface area contributed by atoms with Crippen molar-refractivity contribution in [2.24, 2.45) is 0 Å². The van der Waals surface area contributed by atoms with Gasteiger partial charge in [0.25, 0.3) is 0 Å². The first-order valence-electron chi connectivity index (χ1n) is 5.27. The highest BCUT2D eigenvalue weighted by Crippen LogP contribution is 2.17. The zero-order chi connectivity index (χ0) is 10.6. The Bertz CT molecular complexity index is 196. The van der Waals surface area contributed by atoms with Gasteiger partial charge in [0.2, 0.25) is 0 Å². The fourth-order valence-corrected chi connectivity index (χ4v) is 1.43. The van der Waals surface area contributed by atoms with Crippen molar-refractivity contribution in [1.82, 2.24) is 4.90 Å². The quantitative estimate of drug-likeness (QED) is 0.682. The van der Waals surface area contributed by atoms with E-state index in [-0.39, 0.29) is 18.4 Å². The first kappa shape index (κ1) is 11.3. The van der Waals surface area contributed by atoms with Gasteiger partial charge in [-0.3, -0.25) is 4.90 Å². The van der Waals surface area contributed by atoms with E-state index in [9.17, 15) is 4.79 Å². The van der Waals surface area contributed by atoms with Crippen LogP contribution in [0.3, 0.4) is 0 Å². The second-order valence-electron chi connectivity index (χ2n) is 3.54. The molecular formula is C10H19NO3. The number of amides is 1. The molecule has 1 rings (SSSR count). The molecule has 0 saturated carbocycles. The lowest BCUT2D eigenvalue weighted by molar-refractivity contribution is -0.0199. The predicted molar refractivity (Wildman–Crippen MR) is 53.0 cm³/mol. The van der Waals surface area contributed by atoms with Gasteiger partial charge in [0.05, 0.1) is 6.54 Å². The molecule has 82 valence electrons. The second-order valence-corrected chi connectivity index (χ2v) is 3.54. The van der Waals surface area contributed by atoms with Crippen LogP contribution in [-0.4, -0.2) is 36.5 Å². The number of hydrogen-bond donors (Lipinski definition) is 0. The van der Waals surface area contributed by atoms with Crippen LogP contribution in [0.25, 0.3) is 0 Å². The summed E-state index contributed by atoms with van der Waals surface area (Å²) in [6.45, 7) is 7.28. The molecule has 1 saturated heterocycles. The zero-order valence-corrected chi connectivity index (χ0v) is 9.16. The van der Waals surface area contributed by atoms with Crippen LogP contribution in [0.5, 0.6) is 0 Å². The summed E-state index contributed by atoms with van der Waals surface area (Å²) in [5.74, 6) is 0. The molecule has 1 amide bonds. The van der Waals surface area contributed by atoms with Gasteiger partial charge in [0.1, 0.15) is 12.3 Å². The van der Waals surface area contributed by atoms with Gasteiger partial charge in [-0.2, -0.15) is 0 Å². The Morgan fingerprint density at radius 3 is 2.86 bits per heavy atom. The van der Waals surface area contributed by atoms with E-state index in [0.29, 0.717) is 13.2 Å². The van der Waals surface area contributed by atoms with Crippen LogP contribution in [-0.2, 0) is 9.47 Å². The molecule has 1 fully saturated rings. The van der Waals surface area contributed by atoms with Crippen LogP contribution in [0.4, 0.5) is 4.79 Å².